The number of methoxy groups -OCH3 is 1. The highest BCUT2D eigenvalue weighted by Gasteiger charge is 2.13. The smallest absolute Gasteiger partial charge is 0.145 e. The Morgan fingerprint density at radius 1 is 1.39 bits per heavy atom. The van der Waals surface area contributed by atoms with Crippen LogP contribution in [0.3, 0.4) is 0 Å². The first-order valence-corrected chi connectivity index (χ1v) is 5.66. The Hall–Kier alpha value is -1.75. The molecule has 0 atom stereocenters. The molecule has 0 aliphatic rings. The summed E-state index contributed by atoms with van der Waals surface area (Å²) in [6, 6.07) is 5.34. The first-order chi connectivity index (χ1) is 8.31. The number of nitrogens with two attached hydrogens (primary N) is 1. The lowest BCUT2D eigenvalue weighted by Gasteiger charge is -2.14. The van der Waals surface area contributed by atoms with Crippen molar-refractivity contribution < 1.29 is 14.7 Å². The second kappa shape index (κ2) is 5.73. The van der Waals surface area contributed by atoms with Gasteiger partial charge in [-0.1, -0.05) is 5.16 Å². The zero-order chi connectivity index (χ0) is 13.8. The van der Waals surface area contributed by atoms with E-state index in [1.807, 2.05) is 6.07 Å². The van der Waals surface area contributed by atoms with Crippen molar-refractivity contribution in [2.45, 2.75) is 26.4 Å². The summed E-state index contributed by atoms with van der Waals surface area (Å²) in [5, 5.41) is 13.4. The Kier molecular flexibility index (Phi) is 4.55. The number of anilines is 1. The van der Waals surface area contributed by atoms with Crippen LogP contribution in [0.2, 0.25) is 0 Å². The minimum atomic E-state index is -0.906. The van der Waals surface area contributed by atoms with Crippen LogP contribution in [0, 0.1) is 0 Å². The van der Waals surface area contributed by atoms with Crippen LogP contribution in [0.5, 0.6) is 5.75 Å². The zero-order valence-corrected chi connectivity index (χ0v) is 11.2. The number of hydrogen-bond donors (Lipinski definition) is 2. The van der Waals surface area contributed by atoms with Gasteiger partial charge in [-0.3, -0.25) is 0 Å². The fourth-order valence-corrected chi connectivity index (χ4v) is 1.29. The number of benzene rings is 1. The molecule has 0 saturated carbocycles. The van der Waals surface area contributed by atoms with Crippen molar-refractivity contribution in [1.29, 1.82) is 0 Å². The fraction of sp³-hybridized carbons (Fsp3) is 0.462. The molecule has 1 aromatic rings. The van der Waals surface area contributed by atoms with Crippen LogP contribution in [0.4, 0.5) is 5.69 Å². The quantitative estimate of drug-likeness (QED) is 0.476. The van der Waals surface area contributed by atoms with Gasteiger partial charge in [0.2, 0.25) is 0 Å². The molecule has 0 aliphatic carbocycles. The molecule has 5 heteroatoms. The van der Waals surface area contributed by atoms with Gasteiger partial charge >= 0.3 is 0 Å². The number of oxime groups is 1. The van der Waals surface area contributed by atoms with Crippen LogP contribution in [0.25, 0.3) is 0 Å². The highest BCUT2D eigenvalue weighted by Crippen LogP contribution is 2.19. The minimum Gasteiger partial charge on any atom is -0.497 e. The van der Waals surface area contributed by atoms with Crippen molar-refractivity contribution in [2.24, 2.45) is 5.16 Å². The second-order valence-electron chi connectivity index (χ2n) is 4.76. The molecule has 1 rings (SSSR count). The largest absolute Gasteiger partial charge is 0.497 e. The minimum absolute atomic E-state index is 0.129. The van der Waals surface area contributed by atoms with E-state index in [1.165, 1.54) is 0 Å². The van der Waals surface area contributed by atoms with Crippen LogP contribution in [-0.4, -0.2) is 30.1 Å². The summed E-state index contributed by atoms with van der Waals surface area (Å²) >= 11 is 0. The van der Waals surface area contributed by atoms with E-state index in [0.717, 1.165) is 5.56 Å². The van der Waals surface area contributed by atoms with Gasteiger partial charge in [-0.25, -0.2) is 0 Å². The van der Waals surface area contributed by atoms with Gasteiger partial charge in [0.25, 0.3) is 0 Å². The van der Waals surface area contributed by atoms with Gasteiger partial charge in [-0.15, -0.1) is 0 Å². The topological polar surface area (TPSA) is 77.1 Å². The molecular formula is C13H20N2O3. The molecule has 0 spiro atoms. The Bertz CT molecular complexity index is 436. The number of ether oxygens (including phenoxy) is 1. The van der Waals surface area contributed by atoms with E-state index in [0.29, 0.717) is 17.1 Å². The monoisotopic (exact) mass is 252 g/mol. The first-order valence-electron chi connectivity index (χ1n) is 5.66. The van der Waals surface area contributed by atoms with Crippen LogP contribution < -0.4 is 10.5 Å². The van der Waals surface area contributed by atoms with E-state index in [9.17, 15) is 5.11 Å². The van der Waals surface area contributed by atoms with Gasteiger partial charge in [-0.2, -0.15) is 0 Å². The van der Waals surface area contributed by atoms with Crippen molar-refractivity contribution in [2.75, 3.05) is 19.5 Å². The van der Waals surface area contributed by atoms with Crippen molar-refractivity contribution in [1.82, 2.24) is 0 Å². The summed E-state index contributed by atoms with van der Waals surface area (Å²) in [6.07, 6.45) is 0. The number of rotatable bonds is 5. The predicted molar refractivity (Wildman–Crippen MR) is 71.9 cm³/mol. The molecule has 0 radical (unpaired) electrons. The summed E-state index contributed by atoms with van der Waals surface area (Å²) in [6.45, 7) is 5.24. The van der Waals surface area contributed by atoms with Crippen molar-refractivity contribution in [3.63, 3.8) is 0 Å². The molecular weight excluding hydrogens is 232 g/mol. The molecule has 18 heavy (non-hydrogen) atoms. The third-order valence-corrected chi connectivity index (χ3v) is 2.20. The molecule has 0 bridgehead atoms. The molecule has 0 saturated heterocycles. The van der Waals surface area contributed by atoms with Gasteiger partial charge in [0.1, 0.15) is 12.4 Å². The Balaban J connectivity index is 2.80. The van der Waals surface area contributed by atoms with E-state index in [2.05, 4.69) is 5.16 Å². The summed E-state index contributed by atoms with van der Waals surface area (Å²) in [5.41, 5.74) is 6.94. The van der Waals surface area contributed by atoms with E-state index < -0.39 is 5.60 Å². The van der Waals surface area contributed by atoms with Crippen LogP contribution in [-0.2, 0) is 4.84 Å². The van der Waals surface area contributed by atoms with E-state index >= 15 is 0 Å². The summed E-state index contributed by atoms with van der Waals surface area (Å²) in [4.78, 5) is 5.08. The van der Waals surface area contributed by atoms with Crippen molar-refractivity contribution in [3.05, 3.63) is 23.8 Å². The second-order valence-corrected chi connectivity index (χ2v) is 4.76. The van der Waals surface area contributed by atoms with E-state index in [-0.39, 0.29) is 6.61 Å². The van der Waals surface area contributed by atoms with Crippen LogP contribution >= 0.6 is 0 Å². The van der Waals surface area contributed by atoms with Gasteiger partial charge in [0.05, 0.1) is 18.4 Å². The average Bonchev–Trinajstić information content (AvgIpc) is 2.26. The number of aliphatic hydroxyl groups is 1. The van der Waals surface area contributed by atoms with Crippen LogP contribution in [0.15, 0.2) is 23.4 Å². The molecule has 0 heterocycles. The summed E-state index contributed by atoms with van der Waals surface area (Å²) in [5.74, 6) is 0.669. The molecule has 1 aromatic carbocycles. The molecule has 5 nitrogen and oxygen atoms in total. The Morgan fingerprint density at radius 3 is 2.61 bits per heavy atom. The number of hydrogen-bond acceptors (Lipinski definition) is 5. The molecule has 100 valence electrons. The average molecular weight is 252 g/mol. The van der Waals surface area contributed by atoms with Gasteiger partial charge in [0.15, 0.2) is 0 Å². The maximum atomic E-state index is 9.49. The molecule has 0 unspecified atom stereocenters. The third kappa shape index (κ3) is 4.63. The normalized spacial score (nSPS) is 12.4. The Labute approximate surface area is 107 Å². The standard InChI is InChI=1S/C13H20N2O3/c1-9(15-18-8-13(2,3)16)10-5-11(14)7-12(6-10)17-4/h5-7,16H,8,14H2,1-4H3/b15-9+. The van der Waals surface area contributed by atoms with Gasteiger partial charge < -0.3 is 20.4 Å². The number of nitrogen functional groups attached to an aromatic ring is 1. The SMILES string of the molecule is COc1cc(N)cc(/C(C)=N/OCC(C)(C)O)c1. The van der Waals surface area contributed by atoms with Crippen molar-refractivity contribution >= 4 is 11.4 Å². The molecule has 0 amide bonds. The lowest BCUT2D eigenvalue weighted by Crippen LogP contribution is -2.25. The highest BCUT2D eigenvalue weighted by molar-refractivity contribution is 5.99. The fourth-order valence-electron chi connectivity index (χ4n) is 1.29. The lowest BCUT2D eigenvalue weighted by molar-refractivity contribution is -0.0189. The van der Waals surface area contributed by atoms with Crippen molar-refractivity contribution in [3.8, 4) is 5.75 Å². The summed E-state index contributed by atoms with van der Waals surface area (Å²) in [7, 11) is 1.58. The van der Waals surface area contributed by atoms with E-state index in [1.54, 1.807) is 40.0 Å². The third-order valence-electron chi connectivity index (χ3n) is 2.20. The molecule has 0 aliphatic heterocycles. The number of nitrogens with zero attached hydrogens (tertiary/aromatic N) is 1. The highest BCUT2D eigenvalue weighted by atomic mass is 16.6. The Morgan fingerprint density at radius 2 is 2.06 bits per heavy atom. The maximum absolute atomic E-state index is 9.49. The lowest BCUT2D eigenvalue weighted by atomic mass is 10.1. The first kappa shape index (κ1) is 14.3. The molecule has 0 aromatic heterocycles. The zero-order valence-electron chi connectivity index (χ0n) is 11.2. The maximum Gasteiger partial charge on any atom is 0.145 e. The predicted octanol–water partition coefficient (Wildman–Crippen LogP) is 1.79. The van der Waals surface area contributed by atoms with Gasteiger partial charge in [-0.05, 0) is 32.9 Å². The molecule has 0 fully saturated rings. The van der Waals surface area contributed by atoms with Crippen LogP contribution in [0.1, 0.15) is 26.3 Å². The summed E-state index contributed by atoms with van der Waals surface area (Å²) < 4.78 is 5.13. The molecule has 3 N–H and O–H groups in total. The van der Waals surface area contributed by atoms with Gasteiger partial charge in [0, 0.05) is 17.3 Å². The van der Waals surface area contributed by atoms with E-state index in [4.69, 9.17) is 15.3 Å².